The fourth-order valence-electron chi connectivity index (χ4n) is 1.75. The molecule has 1 fully saturated rings. The molecule has 1 aliphatic heterocycles. The molecule has 0 bridgehead atoms. The second-order valence-electron chi connectivity index (χ2n) is 3.82. The summed E-state index contributed by atoms with van der Waals surface area (Å²) in [5.74, 6) is 0. The summed E-state index contributed by atoms with van der Waals surface area (Å²) in [6.45, 7) is 4.27. The molecule has 1 heterocycles. The lowest BCUT2D eigenvalue weighted by Crippen LogP contribution is -2.62. The van der Waals surface area contributed by atoms with E-state index in [1.807, 2.05) is 0 Å². The van der Waals surface area contributed by atoms with E-state index in [1.54, 1.807) is 0 Å². The lowest BCUT2D eigenvalue weighted by Gasteiger charge is -2.44. The van der Waals surface area contributed by atoms with Gasteiger partial charge in [0.25, 0.3) is 0 Å². The Morgan fingerprint density at radius 2 is 2.08 bits per heavy atom. The maximum absolute atomic E-state index is 5.82. The molecule has 1 aromatic carbocycles. The lowest BCUT2D eigenvalue weighted by atomic mass is 9.98. The van der Waals surface area contributed by atoms with Crippen LogP contribution in [0.3, 0.4) is 0 Å². The maximum atomic E-state index is 5.82. The summed E-state index contributed by atoms with van der Waals surface area (Å²) in [7, 11) is 0. The number of rotatable bonds is 2. The first-order chi connectivity index (χ1) is 6.27. The summed E-state index contributed by atoms with van der Waals surface area (Å²) in [4.78, 5) is 2.40. The molecule has 2 nitrogen and oxygen atoms in total. The molecule has 1 saturated heterocycles. The highest BCUT2D eigenvalue weighted by molar-refractivity contribution is 5.15. The Bertz CT molecular complexity index is 271. The van der Waals surface area contributed by atoms with Crippen molar-refractivity contribution >= 4 is 0 Å². The van der Waals surface area contributed by atoms with E-state index in [0.717, 1.165) is 13.1 Å². The van der Waals surface area contributed by atoms with E-state index in [9.17, 15) is 0 Å². The zero-order valence-corrected chi connectivity index (χ0v) is 7.98. The summed E-state index contributed by atoms with van der Waals surface area (Å²) in [6.07, 6.45) is 0. The van der Waals surface area contributed by atoms with E-state index < -0.39 is 0 Å². The summed E-state index contributed by atoms with van der Waals surface area (Å²) in [5.41, 5.74) is 7.20. The van der Waals surface area contributed by atoms with E-state index in [2.05, 4.69) is 42.2 Å². The van der Waals surface area contributed by atoms with Crippen molar-refractivity contribution < 1.29 is 0 Å². The summed E-state index contributed by atoms with van der Waals surface area (Å²) in [5, 5.41) is 0. The minimum absolute atomic E-state index is 0.378. The first-order valence-electron chi connectivity index (χ1n) is 4.81. The molecule has 0 aromatic heterocycles. The Kier molecular flexibility index (Phi) is 2.34. The van der Waals surface area contributed by atoms with Crippen LogP contribution in [0.1, 0.15) is 12.5 Å². The highest BCUT2D eigenvalue weighted by Crippen LogP contribution is 2.18. The molecule has 70 valence electrons. The molecule has 13 heavy (non-hydrogen) atoms. The van der Waals surface area contributed by atoms with Crippen LogP contribution in [0.25, 0.3) is 0 Å². The highest BCUT2D eigenvalue weighted by Gasteiger charge is 2.31. The minimum atomic E-state index is 0.378. The maximum Gasteiger partial charge on any atom is 0.0323 e. The number of hydrogen-bond donors (Lipinski definition) is 1. The van der Waals surface area contributed by atoms with Gasteiger partial charge in [-0.2, -0.15) is 0 Å². The van der Waals surface area contributed by atoms with Gasteiger partial charge in [-0.05, 0) is 12.5 Å². The molecule has 2 rings (SSSR count). The van der Waals surface area contributed by atoms with Crippen molar-refractivity contribution in [2.75, 3.05) is 6.54 Å². The molecule has 2 atom stereocenters. The molecule has 1 aromatic rings. The standard InChI is InChI=1S/C11H16N2/c1-9-11(12)8-13(9)7-10-5-3-2-4-6-10/h2-6,9,11H,7-8,12H2,1H3. The quantitative estimate of drug-likeness (QED) is 0.734. The van der Waals surface area contributed by atoms with E-state index in [-0.39, 0.29) is 0 Å². The molecule has 1 aliphatic rings. The van der Waals surface area contributed by atoms with Crippen molar-refractivity contribution in [1.29, 1.82) is 0 Å². The molecule has 0 radical (unpaired) electrons. The van der Waals surface area contributed by atoms with Gasteiger partial charge in [-0.3, -0.25) is 4.90 Å². The first kappa shape index (κ1) is 8.73. The fourth-order valence-corrected chi connectivity index (χ4v) is 1.75. The van der Waals surface area contributed by atoms with Crippen LogP contribution in [-0.2, 0) is 6.54 Å². The van der Waals surface area contributed by atoms with Crippen LogP contribution in [0.4, 0.5) is 0 Å². The molecule has 0 amide bonds. The number of likely N-dealkylation sites (tertiary alicyclic amines) is 1. The molecule has 0 aliphatic carbocycles. The molecule has 2 unspecified atom stereocenters. The van der Waals surface area contributed by atoms with Crippen LogP contribution in [0.5, 0.6) is 0 Å². The third kappa shape index (κ3) is 1.74. The highest BCUT2D eigenvalue weighted by atomic mass is 15.2. The van der Waals surface area contributed by atoms with Gasteiger partial charge in [0.15, 0.2) is 0 Å². The van der Waals surface area contributed by atoms with Gasteiger partial charge in [0.1, 0.15) is 0 Å². The fraction of sp³-hybridized carbons (Fsp3) is 0.455. The Hall–Kier alpha value is -0.860. The van der Waals surface area contributed by atoms with Gasteiger partial charge < -0.3 is 5.73 Å². The summed E-state index contributed by atoms with van der Waals surface area (Å²) < 4.78 is 0. The Morgan fingerprint density at radius 1 is 1.38 bits per heavy atom. The lowest BCUT2D eigenvalue weighted by molar-refractivity contribution is 0.0678. The molecule has 2 N–H and O–H groups in total. The summed E-state index contributed by atoms with van der Waals surface area (Å²) >= 11 is 0. The number of hydrogen-bond acceptors (Lipinski definition) is 2. The van der Waals surface area contributed by atoms with Crippen LogP contribution >= 0.6 is 0 Å². The van der Waals surface area contributed by atoms with Crippen molar-refractivity contribution in [2.24, 2.45) is 5.73 Å². The zero-order valence-electron chi connectivity index (χ0n) is 7.98. The van der Waals surface area contributed by atoms with Crippen molar-refractivity contribution in [3.8, 4) is 0 Å². The molecule has 0 saturated carbocycles. The normalized spacial score (nSPS) is 28.5. The number of benzene rings is 1. The average molecular weight is 176 g/mol. The zero-order chi connectivity index (χ0) is 9.26. The van der Waals surface area contributed by atoms with Crippen LogP contribution < -0.4 is 5.73 Å². The number of nitrogens with two attached hydrogens (primary N) is 1. The monoisotopic (exact) mass is 176 g/mol. The predicted molar refractivity (Wildman–Crippen MR) is 54.3 cm³/mol. The van der Waals surface area contributed by atoms with E-state index in [4.69, 9.17) is 5.73 Å². The Morgan fingerprint density at radius 3 is 2.62 bits per heavy atom. The van der Waals surface area contributed by atoms with Crippen LogP contribution in [0, 0.1) is 0 Å². The second-order valence-corrected chi connectivity index (χ2v) is 3.82. The number of nitrogens with zero attached hydrogens (tertiary/aromatic N) is 1. The van der Waals surface area contributed by atoms with Gasteiger partial charge in [-0.15, -0.1) is 0 Å². The largest absolute Gasteiger partial charge is 0.325 e. The van der Waals surface area contributed by atoms with Gasteiger partial charge in [0.2, 0.25) is 0 Å². The minimum Gasteiger partial charge on any atom is -0.325 e. The topological polar surface area (TPSA) is 29.3 Å². The SMILES string of the molecule is CC1C(N)CN1Cc1ccccc1. The molecular weight excluding hydrogens is 160 g/mol. The van der Waals surface area contributed by atoms with Crippen molar-refractivity contribution in [2.45, 2.75) is 25.6 Å². The Labute approximate surface area is 79.4 Å². The van der Waals surface area contributed by atoms with E-state index in [0.29, 0.717) is 12.1 Å². The predicted octanol–water partition coefficient (Wildman–Crippen LogP) is 1.22. The van der Waals surface area contributed by atoms with Gasteiger partial charge in [0, 0.05) is 25.2 Å². The van der Waals surface area contributed by atoms with Gasteiger partial charge in [-0.25, -0.2) is 0 Å². The second kappa shape index (κ2) is 3.48. The molecule has 0 spiro atoms. The third-order valence-electron chi connectivity index (χ3n) is 2.87. The van der Waals surface area contributed by atoms with Gasteiger partial charge >= 0.3 is 0 Å². The third-order valence-corrected chi connectivity index (χ3v) is 2.87. The Balaban J connectivity index is 1.93. The van der Waals surface area contributed by atoms with Crippen LogP contribution in [0.2, 0.25) is 0 Å². The van der Waals surface area contributed by atoms with Crippen molar-refractivity contribution in [1.82, 2.24) is 4.90 Å². The summed E-state index contributed by atoms with van der Waals surface area (Å²) in [6, 6.07) is 11.5. The van der Waals surface area contributed by atoms with Crippen LogP contribution in [-0.4, -0.2) is 23.5 Å². The van der Waals surface area contributed by atoms with Crippen molar-refractivity contribution in [3.63, 3.8) is 0 Å². The van der Waals surface area contributed by atoms with Crippen molar-refractivity contribution in [3.05, 3.63) is 35.9 Å². The van der Waals surface area contributed by atoms with Gasteiger partial charge in [-0.1, -0.05) is 30.3 Å². The molecular formula is C11H16N2. The smallest absolute Gasteiger partial charge is 0.0323 e. The van der Waals surface area contributed by atoms with E-state index in [1.165, 1.54) is 5.56 Å². The first-order valence-corrected chi connectivity index (χ1v) is 4.81. The van der Waals surface area contributed by atoms with Gasteiger partial charge in [0.05, 0.1) is 0 Å². The van der Waals surface area contributed by atoms with Crippen LogP contribution in [0.15, 0.2) is 30.3 Å². The average Bonchev–Trinajstić information content (AvgIpc) is 2.19. The molecule has 2 heteroatoms. The van der Waals surface area contributed by atoms with E-state index >= 15 is 0 Å².